The highest BCUT2D eigenvalue weighted by molar-refractivity contribution is 8.22. The Bertz CT molecular complexity index is 229. The van der Waals surface area contributed by atoms with Gasteiger partial charge in [0.1, 0.15) is 0 Å². The molecule has 0 aromatic rings. The monoisotopic (exact) mass is 274 g/mol. The third kappa shape index (κ3) is 6.06. The standard InChI is InChI=1S/C10H17F3OS2/c1-4-15-9(16-5-2)8(6-7(3)14)10(11,12)13/h7,14H,4-6H2,1-3H3. The fraction of sp³-hybridized carbons (Fsp3) is 0.800. The van der Waals surface area contributed by atoms with Crippen LogP contribution in [0.25, 0.3) is 0 Å². The largest absolute Gasteiger partial charge is 0.414 e. The molecule has 1 atom stereocenters. The summed E-state index contributed by atoms with van der Waals surface area (Å²) in [4.78, 5) is 0. The lowest BCUT2D eigenvalue weighted by molar-refractivity contribution is -0.0966. The molecule has 0 aliphatic rings. The van der Waals surface area contributed by atoms with Crippen LogP contribution in [-0.2, 0) is 0 Å². The maximum atomic E-state index is 12.8. The van der Waals surface area contributed by atoms with Crippen LogP contribution in [0.2, 0.25) is 0 Å². The summed E-state index contributed by atoms with van der Waals surface area (Å²) in [6, 6.07) is 0. The molecule has 6 heteroatoms. The van der Waals surface area contributed by atoms with Crippen LogP contribution in [0.3, 0.4) is 0 Å². The molecule has 0 spiro atoms. The first-order valence-electron chi connectivity index (χ1n) is 5.06. The van der Waals surface area contributed by atoms with Gasteiger partial charge in [0.25, 0.3) is 0 Å². The highest BCUT2D eigenvalue weighted by Crippen LogP contribution is 2.41. The summed E-state index contributed by atoms with van der Waals surface area (Å²) in [5.74, 6) is 1.20. The summed E-state index contributed by atoms with van der Waals surface area (Å²) < 4.78 is 38.6. The maximum absolute atomic E-state index is 12.8. The molecule has 0 heterocycles. The van der Waals surface area contributed by atoms with Crippen molar-refractivity contribution in [1.29, 1.82) is 0 Å². The van der Waals surface area contributed by atoms with Gasteiger partial charge in [-0.2, -0.15) is 13.2 Å². The molecule has 1 unspecified atom stereocenters. The van der Waals surface area contributed by atoms with Gasteiger partial charge in [0, 0.05) is 10.7 Å². The van der Waals surface area contributed by atoms with Crippen molar-refractivity contribution < 1.29 is 18.3 Å². The van der Waals surface area contributed by atoms with Gasteiger partial charge >= 0.3 is 6.18 Å². The predicted octanol–water partition coefficient (Wildman–Crippen LogP) is 4.04. The topological polar surface area (TPSA) is 20.2 Å². The molecule has 0 aromatic carbocycles. The molecule has 0 amide bonds. The molecule has 0 saturated heterocycles. The molecule has 0 rings (SSSR count). The molecule has 0 aliphatic heterocycles. The molecule has 1 nitrogen and oxygen atoms in total. The lowest BCUT2D eigenvalue weighted by Crippen LogP contribution is -2.18. The zero-order chi connectivity index (χ0) is 12.8. The number of aliphatic hydroxyl groups excluding tert-OH is 1. The van der Waals surface area contributed by atoms with Crippen molar-refractivity contribution in [2.24, 2.45) is 0 Å². The highest BCUT2D eigenvalue weighted by Gasteiger charge is 2.36. The molecule has 0 radical (unpaired) electrons. The van der Waals surface area contributed by atoms with Crippen LogP contribution in [0.1, 0.15) is 27.2 Å². The molecule has 0 saturated carbocycles. The van der Waals surface area contributed by atoms with Gasteiger partial charge in [0.05, 0.1) is 11.7 Å². The number of rotatable bonds is 6. The second-order valence-electron chi connectivity index (χ2n) is 3.18. The van der Waals surface area contributed by atoms with Crippen LogP contribution in [0.4, 0.5) is 13.2 Å². The zero-order valence-electron chi connectivity index (χ0n) is 9.60. The van der Waals surface area contributed by atoms with E-state index in [-0.39, 0.29) is 6.42 Å². The van der Waals surface area contributed by atoms with Crippen LogP contribution in [0.15, 0.2) is 9.81 Å². The first-order chi connectivity index (χ1) is 7.32. The van der Waals surface area contributed by atoms with Crippen LogP contribution < -0.4 is 0 Å². The van der Waals surface area contributed by atoms with Crippen molar-refractivity contribution in [3.8, 4) is 0 Å². The zero-order valence-corrected chi connectivity index (χ0v) is 11.2. The lowest BCUT2D eigenvalue weighted by atomic mass is 10.1. The Balaban J connectivity index is 5.09. The number of alkyl halides is 3. The number of aliphatic hydroxyl groups is 1. The average Bonchev–Trinajstić information content (AvgIpc) is 2.12. The van der Waals surface area contributed by atoms with Gasteiger partial charge in [0.2, 0.25) is 0 Å². The average molecular weight is 274 g/mol. The van der Waals surface area contributed by atoms with E-state index in [0.29, 0.717) is 15.7 Å². The molecule has 0 bridgehead atoms. The van der Waals surface area contributed by atoms with Gasteiger partial charge in [0.15, 0.2) is 0 Å². The van der Waals surface area contributed by atoms with Crippen molar-refractivity contribution in [2.45, 2.75) is 39.5 Å². The Morgan fingerprint density at radius 1 is 1.19 bits per heavy atom. The second-order valence-corrected chi connectivity index (χ2v) is 5.99. The van der Waals surface area contributed by atoms with E-state index in [1.54, 1.807) is 0 Å². The summed E-state index contributed by atoms with van der Waals surface area (Å²) in [5, 5.41) is 9.12. The minimum absolute atomic E-state index is 0.290. The Morgan fingerprint density at radius 3 is 1.88 bits per heavy atom. The second kappa shape index (κ2) is 7.50. The van der Waals surface area contributed by atoms with Crippen LogP contribution >= 0.6 is 23.5 Å². The molecule has 1 N–H and O–H groups in total. The Kier molecular flexibility index (Phi) is 7.59. The Hall–Kier alpha value is 0.190. The van der Waals surface area contributed by atoms with Crippen LogP contribution in [-0.4, -0.2) is 28.9 Å². The van der Waals surface area contributed by atoms with Crippen molar-refractivity contribution in [3.63, 3.8) is 0 Å². The predicted molar refractivity (Wildman–Crippen MR) is 65.6 cm³/mol. The van der Waals surface area contributed by atoms with Gasteiger partial charge < -0.3 is 5.11 Å². The van der Waals surface area contributed by atoms with Gasteiger partial charge in [-0.25, -0.2) is 0 Å². The van der Waals surface area contributed by atoms with Crippen LogP contribution in [0, 0.1) is 0 Å². The third-order valence-electron chi connectivity index (χ3n) is 1.64. The van der Waals surface area contributed by atoms with Gasteiger partial charge in [-0.3, -0.25) is 0 Å². The van der Waals surface area contributed by atoms with E-state index in [1.807, 2.05) is 13.8 Å². The molecule has 0 aromatic heterocycles. The van der Waals surface area contributed by atoms with E-state index in [2.05, 4.69) is 0 Å². The molecule has 0 aliphatic carbocycles. The van der Waals surface area contributed by atoms with E-state index in [0.717, 1.165) is 0 Å². The summed E-state index contributed by atoms with van der Waals surface area (Å²) in [5.41, 5.74) is -0.596. The fourth-order valence-corrected chi connectivity index (χ4v) is 3.40. The molecular weight excluding hydrogens is 257 g/mol. The summed E-state index contributed by atoms with van der Waals surface area (Å²) >= 11 is 2.38. The summed E-state index contributed by atoms with van der Waals surface area (Å²) in [6.45, 7) is 5.01. The van der Waals surface area contributed by atoms with Crippen LogP contribution in [0.5, 0.6) is 0 Å². The summed E-state index contributed by atoms with van der Waals surface area (Å²) in [7, 11) is 0. The lowest BCUT2D eigenvalue weighted by Gasteiger charge is -2.17. The molecule has 0 fully saturated rings. The Morgan fingerprint density at radius 2 is 1.62 bits per heavy atom. The minimum atomic E-state index is -4.35. The number of hydrogen-bond donors (Lipinski definition) is 1. The van der Waals surface area contributed by atoms with Crippen molar-refractivity contribution in [2.75, 3.05) is 11.5 Å². The minimum Gasteiger partial charge on any atom is -0.393 e. The van der Waals surface area contributed by atoms with E-state index in [1.165, 1.54) is 30.4 Å². The highest BCUT2D eigenvalue weighted by atomic mass is 32.2. The Labute approximate surface area is 103 Å². The number of hydrogen-bond acceptors (Lipinski definition) is 3. The summed E-state index contributed by atoms with van der Waals surface area (Å²) in [6.07, 6.45) is -5.66. The van der Waals surface area contributed by atoms with E-state index in [4.69, 9.17) is 5.11 Å². The SMILES string of the molecule is CCSC(SCC)=C(CC(C)O)C(F)(F)F. The molecule has 96 valence electrons. The van der Waals surface area contributed by atoms with Crippen molar-refractivity contribution in [1.82, 2.24) is 0 Å². The van der Waals surface area contributed by atoms with Crippen molar-refractivity contribution in [3.05, 3.63) is 9.81 Å². The molecule has 16 heavy (non-hydrogen) atoms. The molecular formula is C10H17F3OS2. The van der Waals surface area contributed by atoms with E-state index in [9.17, 15) is 13.2 Å². The first kappa shape index (κ1) is 16.2. The smallest absolute Gasteiger partial charge is 0.393 e. The van der Waals surface area contributed by atoms with Gasteiger partial charge in [-0.15, -0.1) is 23.5 Å². The normalized spacial score (nSPS) is 13.7. The third-order valence-corrected chi connectivity index (χ3v) is 3.94. The van der Waals surface area contributed by atoms with Gasteiger partial charge in [-0.1, -0.05) is 13.8 Å². The first-order valence-corrected chi connectivity index (χ1v) is 7.04. The van der Waals surface area contributed by atoms with E-state index < -0.39 is 17.9 Å². The maximum Gasteiger partial charge on any atom is 0.414 e. The van der Waals surface area contributed by atoms with Gasteiger partial charge in [-0.05, 0) is 18.4 Å². The fourth-order valence-electron chi connectivity index (χ4n) is 1.09. The van der Waals surface area contributed by atoms with E-state index >= 15 is 0 Å². The number of halogens is 3. The number of thioether (sulfide) groups is 2. The quantitative estimate of drug-likeness (QED) is 0.789. The van der Waals surface area contributed by atoms with Crippen molar-refractivity contribution >= 4 is 23.5 Å².